The van der Waals surface area contributed by atoms with Crippen molar-refractivity contribution in [2.24, 2.45) is 0 Å². The van der Waals surface area contributed by atoms with Crippen molar-refractivity contribution in [3.8, 4) is 5.75 Å². The molecule has 4 aromatic carbocycles. The Morgan fingerprint density at radius 3 is 2.02 bits per heavy atom. The monoisotopic (exact) mass is 617 g/mol. The first-order valence-electron chi connectivity index (χ1n) is 14.6. The molecule has 0 spiro atoms. The summed E-state index contributed by atoms with van der Waals surface area (Å²) in [4.78, 5) is 30.6. The average Bonchev–Trinajstić information content (AvgIpc) is 3.05. The number of hydrogen-bond donors (Lipinski definition) is 3. The third kappa shape index (κ3) is 8.05. The second-order valence-electron chi connectivity index (χ2n) is 10.5. The lowest BCUT2D eigenvalue weighted by Crippen LogP contribution is -2.47. The molecule has 0 aromatic heterocycles. The van der Waals surface area contributed by atoms with Crippen LogP contribution in [-0.2, 0) is 12.6 Å². The van der Waals surface area contributed by atoms with Crippen LogP contribution in [0, 0.1) is 0 Å². The van der Waals surface area contributed by atoms with Crippen LogP contribution in [-0.4, -0.2) is 51.8 Å². The number of urea groups is 1. The van der Waals surface area contributed by atoms with Gasteiger partial charge in [0.05, 0.1) is 23.9 Å². The fourth-order valence-electron chi connectivity index (χ4n) is 5.25. The molecule has 0 unspecified atom stereocenters. The fraction of sp³-hybridized carbons (Fsp3) is 0.235. The number of piperazine rings is 1. The average molecular weight is 618 g/mol. The molecule has 0 atom stereocenters. The molecule has 3 N–H and O–H groups in total. The second-order valence-corrected chi connectivity index (χ2v) is 10.5. The largest absolute Gasteiger partial charge is 0.495 e. The van der Waals surface area contributed by atoms with Crippen molar-refractivity contribution >= 4 is 34.7 Å². The molecule has 1 saturated heterocycles. The van der Waals surface area contributed by atoms with Gasteiger partial charge in [-0.15, -0.1) is 0 Å². The first-order valence-corrected chi connectivity index (χ1v) is 14.6. The third-order valence-electron chi connectivity index (χ3n) is 7.56. The van der Waals surface area contributed by atoms with Crippen LogP contribution < -0.4 is 30.5 Å². The number of amides is 3. The number of benzene rings is 4. The smallest absolute Gasteiger partial charge is 0.416 e. The van der Waals surface area contributed by atoms with Crippen LogP contribution in [0.5, 0.6) is 5.75 Å². The van der Waals surface area contributed by atoms with Crippen LogP contribution in [0.4, 0.5) is 40.7 Å². The van der Waals surface area contributed by atoms with Gasteiger partial charge < -0.3 is 30.5 Å². The summed E-state index contributed by atoms with van der Waals surface area (Å²) in [5, 5.41) is 8.23. The van der Waals surface area contributed by atoms with Crippen molar-refractivity contribution in [3.05, 3.63) is 114 Å². The third-order valence-corrected chi connectivity index (χ3v) is 7.56. The van der Waals surface area contributed by atoms with Gasteiger partial charge in [0.25, 0.3) is 5.91 Å². The van der Waals surface area contributed by atoms with E-state index in [0.29, 0.717) is 50.4 Å². The molecule has 8 nitrogen and oxygen atoms in total. The Morgan fingerprint density at radius 1 is 0.756 bits per heavy atom. The Balaban J connectivity index is 1.30. The van der Waals surface area contributed by atoms with Gasteiger partial charge in [0, 0.05) is 49.8 Å². The quantitative estimate of drug-likeness (QED) is 0.196. The predicted octanol–water partition coefficient (Wildman–Crippen LogP) is 6.66. The van der Waals surface area contributed by atoms with E-state index in [0.717, 1.165) is 34.8 Å². The summed E-state index contributed by atoms with van der Waals surface area (Å²) in [5.41, 5.74) is 3.00. The standard InChI is InChI=1S/C34H34F3N5O3/c1-45-31-10-6-5-9-30(31)42-21-19-41(20-22-42)29-16-15-27(23-28(29)32(43)38-18-17-24-7-3-2-4-8-24)40-33(44)39-26-13-11-25(12-14-26)34(35,36)37/h2-16,23H,17-22H2,1H3,(H,38,43)(H2,39,40,44). The Kier molecular flexibility index (Phi) is 9.76. The molecule has 1 heterocycles. The predicted molar refractivity (Wildman–Crippen MR) is 170 cm³/mol. The molecule has 0 bridgehead atoms. The summed E-state index contributed by atoms with van der Waals surface area (Å²) in [6, 6.07) is 26.3. The Labute approximate surface area is 259 Å². The van der Waals surface area contributed by atoms with Gasteiger partial charge in [-0.05, 0) is 66.6 Å². The van der Waals surface area contributed by atoms with Crippen LogP contribution in [0.2, 0.25) is 0 Å². The summed E-state index contributed by atoms with van der Waals surface area (Å²) >= 11 is 0. The van der Waals surface area contributed by atoms with Gasteiger partial charge in [0.1, 0.15) is 5.75 Å². The molecule has 1 aliphatic rings. The van der Waals surface area contributed by atoms with E-state index in [1.54, 1.807) is 25.3 Å². The Morgan fingerprint density at radius 2 is 1.36 bits per heavy atom. The minimum Gasteiger partial charge on any atom is -0.495 e. The summed E-state index contributed by atoms with van der Waals surface area (Å²) in [7, 11) is 1.65. The van der Waals surface area contributed by atoms with E-state index >= 15 is 0 Å². The van der Waals surface area contributed by atoms with E-state index in [4.69, 9.17) is 4.74 Å². The van der Waals surface area contributed by atoms with Gasteiger partial charge in [0.2, 0.25) is 0 Å². The first kappa shape index (κ1) is 31.2. The van der Waals surface area contributed by atoms with E-state index in [1.165, 1.54) is 12.1 Å². The number of rotatable bonds is 9. The van der Waals surface area contributed by atoms with E-state index < -0.39 is 17.8 Å². The highest BCUT2D eigenvalue weighted by molar-refractivity contribution is 6.04. The SMILES string of the molecule is COc1ccccc1N1CCN(c2ccc(NC(=O)Nc3ccc(C(F)(F)F)cc3)cc2C(=O)NCCc2ccccc2)CC1. The number of carbonyl (C=O) groups excluding carboxylic acids is 2. The van der Waals surface area contributed by atoms with Gasteiger partial charge in [-0.3, -0.25) is 4.79 Å². The Bertz CT molecular complexity index is 1610. The first-order chi connectivity index (χ1) is 21.7. The molecular formula is C34H34F3N5O3. The minimum atomic E-state index is -4.47. The molecular weight excluding hydrogens is 583 g/mol. The van der Waals surface area contributed by atoms with E-state index in [2.05, 4.69) is 25.8 Å². The van der Waals surface area contributed by atoms with Crippen molar-refractivity contribution in [3.63, 3.8) is 0 Å². The highest BCUT2D eigenvalue weighted by atomic mass is 19.4. The van der Waals surface area contributed by atoms with Gasteiger partial charge in [0.15, 0.2) is 0 Å². The van der Waals surface area contributed by atoms with Gasteiger partial charge >= 0.3 is 12.2 Å². The zero-order chi connectivity index (χ0) is 31.8. The molecule has 4 aromatic rings. The molecule has 0 radical (unpaired) electrons. The number of halogens is 3. The number of nitrogens with one attached hydrogen (secondary N) is 3. The van der Waals surface area contributed by atoms with Crippen molar-refractivity contribution in [1.82, 2.24) is 5.32 Å². The number of methoxy groups -OCH3 is 1. The molecule has 45 heavy (non-hydrogen) atoms. The topological polar surface area (TPSA) is 85.9 Å². The van der Waals surface area contributed by atoms with Crippen LogP contribution in [0.25, 0.3) is 0 Å². The minimum absolute atomic E-state index is 0.198. The van der Waals surface area contributed by atoms with Crippen LogP contribution >= 0.6 is 0 Å². The highest BCUT2D eigenvalue weighted by Crippen LogP contribution is 2.32. The summed E-state index contributed by atoms with van der Waals surface area (Å²) in [6.07, 6.45) is -3.81. The van der Waals surface area contributed by atoms with E-state index in [-0.39, 0.29) is 11.6 Å². The molecule has 0 aliphatic carbocycles. The van der Waals surface area contributed by atoms with E-state index in [9.17, 15) is 22.8 Å². The summed E-state index contributed by atoms with van der Waals surface area (Å²) in [5.74, 6) is 0.523. The fourth-order valence-corrected chi connectivity index (χ4v) is 5.25. The maximum atomic E-state index is 13.5. The molecule has 234 valence electrons. The zero-order valence-electron chi connectivity index (χ0n) is 24.7. The molecule has 5 rings (SSSR count). The van der Waals surface area contributed by atoms with Crippen LogP contribution in [0.3, 0.4) is 0 Å². The number of carbonyl (C=O) groups is 2. The van der Waals surface area contributed by atoms with Gasteiger partial charge in [-0.1, -0.05) is 42.5 Å². The maximum absolute atomic E-state index is 13.5. The summed E-state index contributed by atoms with van der Waals surface area (Å²) in [6.45, 7) is 3.17. The number of para-hydroxylation sites is 2. The van der Waals surface area contributed by atoms with E-state index in [1.807, 2.05) is 54.6 Å². The second kappa shape index (κ2) is 14.1. The number of alkyl halides is 3. The number of anilines is 4. The van der Waals surface area contributed by atoms with Crippen LogP contribution in [0.15, 0.2) is 97.1 Å². The van der Waals surface area contributed by atoms with Crippen molar-refractivity contribution in [2.45, 2.75) is 12.6 Å². The lowest BCUT2D eigenvalue weighted by atomic mass is 10.1. The van der Waals surface area contributed by atoms with Gasteiger partial charge in [-0.25, -0.2) is 4.79 Å². The molecule has 3 amide bonds. The lowest BCUT2D eigenvalue weighted by molar-refractivity contribution is -0.137. The number of hydrogen-bond acceptors (Lipinski definition) is 5. The molecule has 1 fully saturated rings. The number of ether oxygens (including phenoxy) is 1. The zero-order valence-corrected chi connectivity index (χ0v) is 24.7. The summed E-state index contributed by atoms with van der Waals surface area (Å²) < 4.78 is 44.2. The molecule has 0 saturated carbocycles. The van der Waals surface area contributed by atoms with Crippen molar-refractivity contribution in [2.75, 3.05) is 60.3 Å². The maximum Gasteiger partial charge on any atom is 0.416 e. The molecule has 1 aliphatic heterocycles. The van der Waals surface area contributed by atoms with Crippen LogP contribution in [0.1, 0.15) is 21.5 Å². The highest BCUT2D eigenvalue weighted by Gasteiger charge is 2.30. The lowest BCUT2D eigenvalue weighted by Gasteiger charge is -2.38. The van der Waals surface area contributed by atoms with Crippen molar-refractivity contribution < 1.29 is 27.5 Å². The van der Waals surface area contributed by atoms with Crippen molar-refractivity contribution in [1.29, 1.82) is 0 Å². The molecule has 11 heteroatoms. The normalized spacial score (nSPS) is 13.2. The van der Waals surface area contributed by atoms with Gasteiger partial charge in [-0.2, -0.15) is 13.2 Å². The number of nitrogens with zero attached hydrogens (tertiary/aromatic N) is 2. The Hall–Kier alpha value is -5.19.